The topological polar surface area (TPSA) is 70.1 Å². The van der Waals surface area contributed by atoms with Gasteiger partial charge in [0.2, 0.25) is 0 Å². The number of hydrogen-bond donors (Lipinski definition) is 1. The van der Waals surface area contributed by atoms with Crippen LogP contribution in [0.1, 0.15) is 59.0 Å². The maximum atomic E-state index is 13.2. The maximum Gasteiger partial charge on any atom is 0.174 e. The molecule has 0 spiro atoms. The first-order chi connectivity index (χ1) is 18.6. The normalized spacial score (nSPS) is 18.1. The molecule has 3 aromatic carbocycles. The number of Topliss-reactive ketones (excluding diaryl/α,β-unsaturated/α-hetero) is 2. The number of nitrogens with zero attached hydrogens (tertiary/aromatic N) is 2. The highest BCUT2D eigenvalue weighted by Crippen LogP contribution is 2.34. The van der Waals surface area contributed by atoms with Gasteiger partial charge in [0, 0.05) is 49.2 Å². The molecule has 3 aromatic rings. The minimum atomic E-state index is -0.609. The van der Waals surface area contributed by atoms with Crippen molar-refractivity contribution in [3.05, 3.63) is 76.9 Å². The molecule has 1 aliphatic carbocycles. The van der Waals surface area contributed by atoms with E-state index in [1.165, 1.54) is 5.56 Å². The molecule has 0 radical (unpaired) electrons. The molecule has 5 rings (SSSR count). The third-order valence-electron chi connectivity index (χ3n) is 8.11. The average molecular weight is 529 g/mol. The predicted octanol–water partition coefficient (Wildman–Crippen LogP) is 4.89. The van der Waals surface area contributed by atoms with Crippen LogP contribution in [0.25, 0.3) is 10.8 Å². The maximum absolute atomic E-state index is 13.2. The summed E-state index contributed by atoms with van der Waals surface area (Å²) in [6.45, 7) is 13.5. The van der Waals surface area contributed by atoms with Crippen molar-refractivity contribution in [3.8, 4) is 5.75 Å². The van der Waals surface area contributed by atoms with Gasteiger partial charge in [-0.15, -0.1) is 0 Å². The van der Waals surface area contributed by atoms with Crippen molar-refractivity contribution in [1.82, 2.24) is 9.80 Å². The lowest BCUT2D eigenvalue weighted by molar-refractivity contribution is 0.0441. The Kier molecular flexibility index (Phi) is 7.90. The third-order valence-corrected chi connectivity index (χ3v) is 8.11. The fourth-order valence-corrected chi connectivity index (χ4v) is 5.91. The molecular formula is C33H40N2O4. The number of aryl methyl sites for hydroxylation is 1. The van der Waals surface area contributed by atoms with Crippen molar-refractivity contribution in [2.45, 2.75) is 45.6 Å². The zero-order chi connectivity index (χ0) is 27.7. The summed E-state index contributed by atoms with van der Waals surface area (Å²) in [5.41, 5.74) is 3.66. The number of aliphatic hydroxyl groups is 1. The van der Waals surface area contributed by atoms with Gasteiger partial charge in [0.1, 0.15) is 18.5 Å². The number of ether oxygens (including phenoxy) is 1. The lowest BCUT2D eigenvalue weighted by Gasteiger charge is -2.36. The van der Waals surface area contributed by atoms with E-state index in [4.69, 9.17) is 4.74 Å². The number of hydrogen-bond acceptors (Lipinski definition) is 6. The summed E-state index contributed by atoms with van der Waals surface area (Å²) in [6, 6.07) is 17.6. The van der Waals surface area contributed by atoms with Crippen molar-refractivity contribution >= 4 is 22.3 Å². The number of carbonyl (C=O) groups excluding carboxylic acids is 2. The van der Waals surface area contributed by atoms with E-state index in [2.05, 4.69) is 43.6 Å². The Hall–Kier alpha value is -3.06. The van der Waals surface area contributed by atoms with Crippen LogP contribution in [0.15, 0.2) is 54.6 Å². The van der Waals surface area contributed by atoms with Gasteiger partial charge in [0.25, 0.3) is 0 Å². The zero-order valence-electron chi connectivity index (χ0n) is 23.6. The summed E-state index contributed by atoms with van der Waals surface area (Å²) >= 11 is 0. The number of β-amino-alcohol motifs (C(OH)–C–C–N with tert-alkyl or cyclic N) is 1. The zero-order valence-corrected chi connectivity index (χ0v) is 23.6. The highest BCUT2D eigenvalue weighted by atomic mass is 16.5. The molecule has 6 heteroatoms. The Balaban J connectivity index is 1.10. The fourth-order valence-electron chi connectivity index (χ4n) is 5.91. The SMILES string of the molecule is Cc1ccc(OCC(O)CN2CCN(CCC3C(=O)c4cccc5cccc(c45)C3=O)CC2)c(C(C)(C)C)c1. The minimum absolute atomic E-state index is 0.0355. The number of ketones is 2. The summed E-state index contributed by atoms with van der Waals surface area (Å²) in [4.78, 5) is 31.0. The van der Waals surface area contributed by atoms with Gasteiger partial charge in [-0.1, -0.05) is 74.9 Å². The second-order valence-corrected chi connectivity index (χ2v) is 12.1. The lowest BCUT2D eigenvalue weighted by atomic mass is 9.78. The van der Waals surface area contributed by atoms with Crippen LogP contribution in [0.5, 0.6) is 5.75 Å². The molecule has 6 nitrogen and oxygen atoms in total. The highest BCUT2D eigenvalue weighted by molar-refractivity contribution is 6.29. The van der Waals surface area contributed by atoms with E-state index in [0.717, 1.165) is 48.3 Å². The number of piperazine rings is 1. The van der Waals surface area contributed by atoms with Crippen LogP contribution in [0.4, 0.5) is 0 Å². The Morgan fingerprint density at radius 2 is 1.54 bits per heavy atom. The lowest BCUT2D eigenvalue weighted by Crippen LogP contribution is -2.49. The summed E-state index contributed by atoms with van der Waals surface area (Å²) in [6.07, 6.45) is -0.0446. The molecule has 1 heterocycles. The number of aliphatic hydroxyl groups excluding tert-OH is 1. The number of rotatable bonds is 8. The molecule has 1 aliphatic heterocycles. The van der Waals surface area contributed by atoms with Gasteiger partial charge in [-0.05, 0) is 42.3 Å². The van der Waals surface area contributed by atoms with E-state index in [1.807, 2.05) is 48.5 Å². The highest BCUT2D eigenvalue weighted by Gasteiger charge is 2.35. The van der Waals surface area contributed by atoms with Gasteiger partial charge in [-0.2, -0.15) is 0 Å². The van der Waals surface area contributed by atoms with Crippen LogP contribution < -0.4 is 4.74 Å². The average Bonchev–Trinajstić information content (AvgIpc) is 2.91. The number of benzene rings is 3. The quantitative estimate of drug-likeness (QED) is 0.420. The molecule has 0 saturated carbocycles. The van der Waals surface area contributed by atoms with E-state index in [1.54, 1.807) is 0 Å². The molecule has 1 unspecified atom stereocenters. The Bertz CT molecular complexity index is 1320. The molecule has 0 bridgehead atoms. The first-order valence-corrected chi connectivity index (χ1v) is 14.1. The first kappa shape index (κ1) is 27.5. The second kappa shape index (κ2) is 11.2. The van der Waals surface area contributed by atoms with Gasteiger partial charge in [-0.25, -0.2) is 0 Å². The smallest absolute Gasteiger partial charge is 0.174 e. The summed E-state index contributed by atoms with van der Waals surface area (Å²) in [5, 5.41) is 12.4. The van der Waals surface area contributed by atoms with Gasteiger partial charge >= 0.3 is 0 Å². The van der Waals surface area contributed by atoms with Crippen molar-refractivity contribution in [2.24, 2.45) is 5.92 Å². The summed E-state index contributed by atoms with van der Waals surface area (Å²) in [5.74, 6) is 0.133. The molecule has 206 valence electrons. The molecular weight excluding hydrogens is 488 g/mol. The van der Waals surface area contributed by atoms with Crippen molar-refractivity contribution < 1.29 is 19.4 Å². The molecule has 1 saturated heterocycles. The second-order valence-electron chi connectivity index (χ2n) is 12.1. The van der Waals surface area contributed by atoms with Crippen molar-refractivity contribution in [1.29, 1.82) is 0 Å². The van der Waals surface area contributed by atoms with E-state index < -0.39 is 12.0 Å². The van der Waals surface area contributed by atoms with Gasteiger partial charge in [-0.3, -0.25) is 14.5 Å². The van der Waals surface area contributed by atoms with Gasteiger partial charge in [0.15, 0.2) is 11.6 Å². The Labute approximate surface area is 231 Å². The third kappa shape index (κ3) is 5.93. The van der Waals surface area contributed by atoms with Crippen LogP contribution >= 0.6 is 0 Å². The van der Waals surface area contributed by atoms with Crippen molar-refractivity contribution in [3.63, 3.8) is 0 Å². The molecule has 0 aromatic heterocycles. The standard InChI is InChI=1S/C33H40N2O4/c1-22-11-12-29(28(19-22)33(2,3)4)39-21-24(36)20-35-17-15-34(16-18-35)14-13-27-31(37)25-9-5-7-23-8-6-10-26(30(23)25)32(27)38/h5-12,19,24,27,36H,13-18,20-21H2,1-4H3. The fraction of sp³-hybridized carbons (Fsp3) is 0.455. The number of carbonyl (C=O) groups is 2. The molecule has 2 aliphatic rings. The Morgan fingerprint density at radius 3 is 2.15 bits per heavy atom. The van der Waals surface area contributed by atoms with Crippen LogP contribution in [0, 0.1) is 12.8 Å². The van der Waals surface area contributed by atoms with Crippen molar-refractivity contribution in [2.75, 3.05) is 45.9 Å². The molecule has 39 heavy (non-hydrogen) atoms. The predicted molar refractivity (Wildman–Crippen MR) is 155 cm³/mol. The van der Waals surface area contributed by atoms with Gasteiger partial charge in [0.05, 0.1) is 5.92 Å². The van der Waals surface area contributed by atoms with E-state index in [-0.39, 0.29) is 23.6 Å². The monoisotopic (exact) mass is 528 g/mol. The molecule has 0 amide bonds. The Morgan fingerprint density at radius 1 is 0.923 bits per heavy atom. The van der Waals surface area contributed by atoms with Gasteiger partial charge < -0.3 is 14.7 Å². The van der Waals surface area contributed by atoms with Crippen LogP contribution in [0.2, 0.25) is 0 Å². The minimum Gasteiger partial charge on any atom is -0.491 e. The largest absolute Gasteiger partial charge is 0.491 e. The molecule has 1 fully saturated rings. The molecule has 1 atom stereocenters. The van der Waals surface area contributed by atoms with Crippen LogP contribution in [-0.2, 0) is 5.41 Å². The first-order valence-electron chi connectivity index (χ1n) is 14.1. The van der Waals surface area contributed by atoms with E-state index in [9.17, 15) is 14.7 Å². The van der Waals surface area contributed by atoms with Crippen LogP contribution in [0.3, 0.4) is 0 Å². The van der Waals surface area contributed by atoms with E-state index in [0.29, 0.717) is 30.6 Å². The summed E-state index contributed by atoms with van der Waals surface area (Å²) < 4.78 is 6.06. The summed E-state index contributed by atoms with van der Waals surface area (Å²) in [7, 11) is 0. The van der Waals surface area contributed by atoms with Crippen LogP contribution in [-0.4, -0.2) is 78.5 Å². The molecule has 1 N–H and O–H groups in total. The van der Waals surface area contributed by atoms with E-state index >= 15 is 0 Å².